The lowest BCUT2D eigenvalue weighted by Crippen LogP contribution is -2.57. The molecule has 2 aliphatic rings. The van der Waals surface area contributed by atoms with Crippen molar-refractivity contribution in [3.8, 4) is 11.8 Å². The first-order valence-corrected chi connectivity index (χ1v) is 12.2. The number of nitrogens with one attached hydrogen (secondary N) is 1. The third-order valence-electron chi connectivity index (χ3n) is 6.43. The van der Waals surface area contributed by atoms with Crippen molar-refractivity contribution in [2.75, 3.05) is 6.61 Å². The molecule has 34 heavy (non-hydrogen) atoms. The van der Waals surface area contributed by atoms with Gasteiger partial charge in [-0.3, -0.25) is 9.78 Å². The Morgan fingerprint density at radius 2 is 2.03 bits per heavy atom. The van der Waals surface area contributed by atoms with Crippen LogP contribution in [0.5, 0.6) is 0 Å². The molecule has 2 aromatic rings. The molecule has 2 N–H and O–H groups in total. The number of ether oxygens (including phenoxy) is 2. The van der Waals surface area contributed by atoms with Crippen molar-refractivity contribution in [3.05, 3.63) is 59.7 Å². The number of aliphatic hydroxyl groups excluding tert-OH is 1. The van der Waals surface area contributed by atoms with Crippen LogP contribution < -0.4 is 5.32 Å². The van der Waals surface area contributed by atoms with Gasteiger partial charge in [0.15, 0.2) is 0 Å². The van der Waals surface area contributed by atoms with E-state index < -0.39 is 0 Å². The quantitative estimate of drug-likeness (QED) is 0.613. The zero-order chi connectivity index (χ0) is 23.8. The Morgan fingerprint density at radius 3 is 2.76 bits per heavy atom. The normalized spacial score (nSPS) is 26.1. The van der Waals surface area contributed by atoms with Gasteiger partial charge in [-0.25, -0.2) is 4.98 Å². The molecule has 0 unspecified atom stereocenters. The van der Waals surface area contributed by atoms with Crippen LogP contribution in [0, 0.1) is 11.8 Å². The van der Waals surface area contributed by atoms with Crippen LogP contribution in [0.3, 0.4) is 0 Å². The number of carbonyl (C=O) groups is 1. The smallest absolute Gasteiger partial charge is 0.271 e. The Kier molecular flexibility index (Phi) is 8.64. The number of fused-ring (bicyclic) bond motifs is 1. The molecule has 7 heteroatoms. The number of aryl methyl sites for hydroxylation is 1. The highest BCUT2D eigenvalue weighted by Crippen LogP contribution is 2.33. The van der Waals surface area contributed by atoms with Crippen molar-refractivity contribution in [2.24, 2.45) is 0 Å². The van der Waals surface area contributed by atoms with Crippen molar-refractivity contribution >= 4 is 5.91 Å². The molecule has 0 saturated carbocycles. The van der Waals surface area contributed by atoms with Crippen LogP contribution in [0.25, 0.3) is 0 Å². The van der Waals surface area contributed by atoms with Crippen molar-refractivity contribution in [3.63, 3.8) is 0 Å². The van der Waals surface area contributed by atoms with Gasteiger partial charge in [-0.05, 0) is 56.2 Å². The minimum absolute atomic E-state index is 0.00208. The number of aromatic nitrogens is 2. The predicted octanol–water partition coefficient (Wildman–Crippen LogP) is 3.06. The molecule has 1 aromatic carbocycles. The minimum atomic E-state index is -0.269. The van der Waals surface area contributed by atoms with Crippen molar-refractivity contribution in [1.29, 1.82) is 0 Å². The van der Waals surface area contributed by atoms with E-state index in [9.17, 15) is 9.90 Å². The van der Waals surface area contributed by atoms with E-state index in [0.29, 0.717) is 6.42 Å². The second-order valence-electron chi connectivity index (χ2n) is 8.96. The molecule has 180 valence electrons. The Balaban J connectivity index is 1.42. The fourth-order valence-corrected chi connectivity index (χ4v) is 4.59. The topological polar surface area (TPSA) is 93.6 Å². The fraction of sp³-hybridized carbons (Fsp3) is 0.519. The number of benzene rings is 1. The third kappa shape index (κ3) is 6.41. The molecule has 2 fully saturated rings. The average molecular weight is 464 g/mol. The summed E-state index contributed by atoms with van der Waals surface area (Å²) in [4.78, 5) is 20.9. The standard InChI is InChI=1S/C27H33N3O4/c1-2-3-4-5-19-6-8-20(9-7-19)10-12-24-22(30-27(32)23-17-28-14-15-29-23)16-26-25(34-24)13-11-21(18-31)33-26/h6-9,14-15,17,21-22,24-26,31H,2-3,10-13,16,18H2,1H3,(H,30,32)/t21-,22+,24+,25-,26-/m0/s1. The summed E-state index contributed by atoms with van der Waals surface area (Å²) in [5.41, 5.74) is 2.52. The van der Waals surface area contributed by atoms with Gasteiger partial charge in [0.05, 0.1) is 43.3 Å². The highest BCUT2D eigenvalue weighted by molar-refractivity contribution is 5.92. The summed E-state index contributed by atoms with van der Waals surface area (Å²) in [5.74, 6) is 6.11. The highest BCUT2D eigenvalue weighted by atomic mass is 16.6. The van der Waals surface area contributed by atoms with Crippen LogP contribution in [-0.2, 0) is 15.9 Å². The maximum absolute atomic E-state index is 12.8. The summed E-state index contributed by atoms with van der Waals surface area (Å²) in [6, 6.07) is 8.14. The minimum Gasteiger partial charge on any atom is -0.394 e. The van der Waals surface area contributed by atoms with Crippen LogP contribution in [0.1, 0.15) is 67.1 Å². The van der Waals surface area contributed by atoms with E-state index >= 15 is 0 Å². The highest BCUT2D eigenvalue weighted by Gasteiger charge is 2.42. The van der Waals surface area contributed by atoms with Crippen LogP contribution in [0.2, 0.25) is 0 Å². The van der Waals surface area contributed by atoms with Gasteiger partial charge in [0.2, 0.25) is 0 Å². The number of amides is 1. The number of hydrogen-bond donors (Lipinski definition) is 2. The summed E-state index contributed by atoms with van der Waals surface area (Å²) in [6.07, 6.45) is 9.89. The molecule has 1 amide bonds. The van der Waals surface area contributed by atoms with E-state index in [4.69, 9.17) is 9.47 Å². The Hall–Kier alpha value is -2.79. The monoisotopic (exact) mass is 463 g/mol. The SMILES string of the molecule is CCCC#Cc1ccc(CC[C@H]2O[C@H]3CC[C@@H](CO)O[C@H]3C[C@H]2NC(=O)c2cnccn2)cc1. The van der Waals surface area contributed by atoms with E-state index in [2.05, 4.69) is 58.3 Å². The van der Waals surface area contributed by atoms with Crippen molar-refractivity contribution in [1.82, 2.24) is 15.3 Å². The van der Waals surface area contributed by atoms with E-state index in [1.807, 2.05) is 0 Å². The summed E-state index contributed by atoms with van der Waals surface area (Å²) in [7, 11) is 0. The van der Waals surface area contributed by atoms with Crippen molar-refractivity contribution < 1.29 is 19.4 Å². The molecule has 0 spiro atoms. The molecule has 4 rings (SSSR count). The van der Waals surface area contributed by atoms with Gasteiger partial charge in [0.1, 0.15) is 5.69 Å². The Labute approximate surface area is 201 Å². The summed E-state index contributed by atoms with van der Waals surface area (Å²) >= 11 is 0. The van der Waals surface area contributed by atoms with E-state index in [-0.39, 0.29) is 48.7 Å². The maximum Gasteiger partial charge on any atom is 0.271 e. The maximum atomic E-state index is 12.8. The number of rotatable bonds is 7. The van der Waals surface area contributed by atoms with Crippen LogP contribution in [-0.4, -0.2) is 58.0 Å². The first-order valence-electron chi connectivity index (χ1n) is 12.2. The number of carbonyl (C=O) groups excluding carboxylic acids is 1. The average Bonchev–Trinajstić information content (AvgIpc) is 2.88. The predicted molar refractivity (Wildman–Crippen MR) is 128 cm³/mol. The van der Waals surface area contributed by atoms with Crippen LogP contribution in [0.4, 0.5) is 0 Å². The zero-order valence-corrected chi connectivity index (χ0v) is 19.7. The molecular weight excluding hydrogens is 430 g/mol. The zero-order valence-electron chi connectivity index (χ0n) is 19.7. The van der Waals surface area contributed by atoms with Gasteiger partial charge in [0, 0.05) is 24.4 Å². The van der Waals surface area contributed by atoms with Gasteiger partial charge in [-0.1, -0.05) is 30.9 Å². The lowest BCUT2D eigenvalue weighted by atomic mass is 9.88. The molecule has 2 saturated heterocycles. The molecule has 7 nitrogen and oxygen atoms in total. The molecule has 2 aliphatic heterocycles. The summed E-state index contributed by atoms with van der Waals surface area (Å²) < 4.78 is 12.5. The van der Waals surface area contributed by atoms with Gasteiger partial charge >= 0.3 is 0 Å². The Bertz CT molecular complexity index is 986. The van der Waals surface area contributed by atoms with Crippen LogP contribution >= 0.6 is 0 Å². The summed E-state index contributed by atoms with van der Waals surface area (Å²) in [6.45, 7) is 2.13. The molecule has 1 aromatic heterocycles. The van der Waals surface area contributed by atoms with Gasteiger partial charge < -0.3 is 19.9 Å². The van der Waals surface area contributed by atoms with Gasteiger partial charge in [0.25, 0.3) is 5.91 Å². The number of hydrogen-bond acceptors (Lipinski definition) is 6. The Morgan fingerprint density at radius 1 is 1.18 bits per heavy atom. The van der Waals surface area contributed by atoms with Crippen molar-refractivity contribution in [2.45, 2.75) is 82.3 Å². The molecule has 0 aliphatic carbocycles. The lowest BCUT2D eigenvalue weighted by molar-refractivity contribution is -0.201. The second kappa shape index (κ2) is 12.1. The molecule has 3 heterocycles. The van der Waals surface area contributed by atoms with E-state index in [1.54, 1.807) is 6.20 Å². The number of nitrogens with zero attached hydrogens (tertiary/aromatic N) is 2. The first-order chi connectivity index (χ1) is 16.7. The molecular formula is C27H33N3O4. The number of aliphatic hydroxyl groups is 1. The van der Waals surface area contributed by atoms with Gasteiger partial charge in [-0.15, -0.1) is 0 Å². The third-order valence-corrected chi connectivity index (χ3v) is 6.43. The molecule has 0 radical (unpaired) electrons. The largest absolute Gasteiger partial charge is 0.394 e. The molecule has 0 bridgehead atoms. The van der Waals surface area contributed by atoms with E-state index in [0.717, 1.165) is 44.1 Å². The van der Waals surface area contributed by atoms with Crippen LogP contribution in [0.15, 0.2) is 42.9 Å². The number of unbranched alkanes of at least 4 members (excludes halogenated alkanes) is 1. The van der Waals surface area contributed by atoms with E-state index in [1.165, 1.54) is 18.0 Å². The first kappa shape index (κ1) is 24.3. The second-order valence-corrected chi connectivity index (χ2v) is 8.96. The fourth-order valence-electron chi connectivity index (χ4n) is 4.59. The lowest BCUT2D eigenvalue weighted by Gasteiger charge is -2.45. The van der Waals surface area contributed by atoms with Gasteiger partial charge in [-0.2, -0.15) is 0 Å². The summed E-state index contributed by atoms with van der Waals surface area (Å²) in [5, 5.41) is 12.6. The molecule has 5 atom stereocenters.